The Balaban J connectivity index is 1.99. The fourth-order valence-corrected chi connectivity index (χ4v) is 2.39. The van der Waals surface area contributed by atoms with Crippen molar-refractivity contribution in [2.45, 2.75) is 45.8 Å². The molecule has 2 rings (SSSR count). The second-order valence-electron chi connectivity index (χ2n) is 5.32. The predicted molar refractivity (Wildman–Crippen MR) is 70.1 cm³/mol. The third kappa shape index (κ3) is 2.87. The zero-order chi connectivity index (χ0) is 12.4. The Hall–Kier alpha value is -0.870. The Kier molecular flexibility index (Phi) is 3.84. The van der Waals surface area contributed by atoms with Crippen LogP contribution in [0.25, 0.3) is 0 Å². The lowest BCUT2D eigenvalue weighted by Gasteiger charge is -2.15. The van der Waals surface area contributed by atoms with Gasteiger partial charge in [-0.15, -0.1) is 0 Å². The quantitative estimate of drug-likeness (QED) is 0.861. The van der Waals surface area contributed by atoms with Gasteiger partial charge in [0.05, 0.1) is 5.69 Å². The third-order valence-corrected chi connectivity index (χ3v) is 3.62. The van der Waals surface area contributed by atoms with Crippen molar-refractivity contribution in [2.75, 3.05) is 20.1 Å². The van der Waals surface area contributed by atoms with Crippen LogP contribution >= 0.6 is 0 Å². The monoisotopic (exact) mass is 236 g/mol. The van der Waals surface area contributed by atoms with Gasteiger partial charge in [0.15, 0.2) is 0 Å². The zero-order valence-electron chi connectivity index (χ0n) is 11.4. The summed E-state index contributed by atoms with van der Waals surface area (Å²) in [5, 5.41) is 7.92. The van der Waals surface area contributed by atoms with Crippen molar-refractivity contribution in [3.05, 3.63) is 17.5 Å². The minimum absolute atomic E-state index is 0.450. The molecule has 0 saturated carbocycles. The number of aromatic nitrogens is 2. The zero-order valence-corrected chi connectivity index (χ0v) is 11.4. The van der Waals surface area contributed by atoms with Gasteiger partial charge in [0.1, 0.15) is 0 Å². The van der Waals surface area contributed by atoms with Crippen molar-refractivity contribution in [3.63, 3.8) is 0 Å². The van der Waals surface area contributed by atoms with E-state index in [0.717, 1.165) is 13.1 Å². The largest absolute Gasteiger partial charge is 0.316 e. The fraction of sp³-hybridized carbons (Fsp3) is 0.769. The summed E-state index contributed by atoms with van der Waals surface area (Å²) in [4.78, 5) is 2.51. The Bertz CT molecular complexity index is 369. The molecule has 1 aliphatic rings. The van der Waals surface area contributed by atoms with Crippen molar-refractivity contribution in [1.82, 2.24) is 20.0 Å². The first-order chi connectivity index (χ1) is 8.10. The number of rotatable bonds is 4. The molecular weight excluding hydrogens is 212 g/mol. The Morgan fingerprint density at radius 1 is 1.53 bits per heavy atom. The van der Waals surface area contributed by atoms with Crippen LogP contribution in [0.4, 0.5) is 0 Å². The topological polar surface area (TPSA) is 33.1 Å². The Labute approximate surface area is 104 Å². The van der Waals surface area contributed by atoms with Gasteiger partial charge in [-0.05, 0) is 34.2 Å². The van der Waals surface area contributed by atoms with Crippen LogP contribution in [0.15, 0.2) is 6.20 Å². The van der Waals surface area contributed by atoms with Crippen LogP contribution < -0.4 is 5.32 Å². The van der Waals surface area contributed by atoms with E-state index in [1.165, 1.54) is 24.2 Å². The van der Waals surface area contributed by atoms with Gasteiger partial charge in [-0.1, -0.05) is 0 Å². The molecule has 0 radical (unpaired) electrons. The summed E-state index contributed by atoms with van der Waals surface area (Å²) in [5.74, 6) is 0. The first kappa shape index (κ1) is 12.6. The van der Waals surface area contributed by atoms with E-state index in [1.807, 2.05) is 0 Å². The molecule has 4 nitrogen and oxygen atoms in total. The molecule has 1 aliphatic heterocycles. The van der Waals surface area contributed by atoms with Gasteiger partial charge in [-0.2, -0.15) is 5.10 Å². The molecule has 96 valence electrons. The molecule has 0 bridgehead atoms. The minimum Gasteiger partial charge on any atom is -0.316 e. The summed E-state index contributed by atoms with van der Waals surface area (Å²) < 4.78 is 2.07. The van der Waals surface area contributed by atoms with Crippen molar-refractivity contribution < 1.29 is 0 Å². The molecule has 0 amide bonds. The number of nitrogens with one attached hydrogen (secondary N) is 1. The molecule has 2 heterocycles. The van der Waals surface area contributed by atoms with Crippen LogP contribution in [0, 0.1) is 6.92 Å². The standard InChI is InChI=1S/C13H24N4/c1-10(2)17-8-12(11(3)15-17)7-16-6-5-13(9-16)14-4/h8,10,13-14H,5-7,9H2,1-4H3. The number of likely N-dealkylation sites (tertiary alicyclic amines) is 1. The first-order valence-electron chi connectivity index (χ1n) is 6.54. The van der Waals surface area contributed by atoms with Crippen molar-refractivity contribution >= 4 is 0 Å². The number of aryl methyl sites for hydroxylation is 1. The van der Waals surface area contributed by atoms with Gasteiger partial charge in [-0.25, -0.2) is 0 Å². The van der Waals surface area contributed by atoms with Crippen LogP contribution in [0.3, 0.4) is 0 Å². The van der Waals surface area contributed by atoms with Gasteiger partial charge < -0.3 is 5.32 Å². The first-order valence-corrected chi connectivity index (χ1v) is 6.54. The third-order valence-electron chi connectivity index (χ3n) is 3.62. The molecule has 1 atom stereocenters. The highest BCUT2D eigenvalue weighted by molar-refractivity contribution is 5.16. The van der Waals surface area contributed by atoms with E-state index in [4.69, 9.17) is 0 Å². The highest BCUT2D eigenvalue weighted by Crippen LogP contribution is 2.16. The molecule has 1 N–H and O–H groups in total. The van der Waals surface area contributed by atoms with Crippen LogP contribution in [-0.4, -0.2) is 40.9 Å². The molecular formula is C13H24N4. The molecule has 0 aromatic carbocycles. The van der Waals surface area contributed by atoms with Crippen molar-refractivity contribution in [1.29, 1.82) is 0 Å². The maximum Gasteiger partial charge on any atom is 0.0638 e. The number of hydrogen-bond acceptors (Lipinski definition) is 3. The van der Waals surface area contributed by atoms with Crippen LogP contribution in [0.5, 0.6) is 0 Å². The summed E-state index contributed by atoms with van der Waals surface area (Å²) in [6.45, 7) is 9.84. The summed E-state index contributed by atoms with van der Waals surface area (Å²) >= 11 is 0. The molecule has 4 heteroatoms. The highest BCUT2D eigenvalue weighted by atomic mass is 15.3. The average molecular weight is 236 g/mol. The van der Waals surface area contributed by atoms with Crippen LogP contribution in [0.2, 0.25) is 0 Å². The smallest absolute Gasteiger partial charge is 0.0638 e. The highest BCUT2D eigenvalue weighted by Gasteiger charge is 2.22. The second kappa shape index (κ2) is 5.19. The fourth-order valence-electron chi connectivity index (χ4n) is 2.39. The SMILES string of the molecule is CNC1CCN(Cc2cn(C(C)C)nc2C)C1. The predicted octanol–water partition coefficient (Wildman–Crippen LogP) is 1.57. The molecule has 0 spiro atoms. The molecule has 1 fully saturated rings. The number of hydrogen-bond donors (Lipinski definition) is 1. The second-order valence-corrected chi connectivity index (χ2v) is 5.32. The summed E-state index contributed by atoms with van der Waals surface area (Å²) in [6, 6.07) is 1.11. The lowest BCUT2D eigenvalue weighted by atomic mass is 10.2. The van der Waals surface area contributed by atoms with E-state index < -0.39 is 0 Å². The minimum atomic E-state index is 0.450. The van der Waals surface area contributed by atoms with Crippen LogP contribution in [0.1, 0.15) is 37.6 Å². The summed E-state index contributed by atoms with van der Waals surface area (Å²) in [5.41, 5.74) is 2.54. The van der Waals surface area contributed by atoms with E-state index in [9.17, 15) is 0 Å². The van der Waals surface area contributed by atoms with Gasteiger partial charge in [0, 0.05) is 43.5 Å². The molecule has 17 heavy (non-hydrogen) atoms. The van der Waals surface area contributed by atoms with Crippen molar-refractivity contribution in [3.8, 4) is 0 Å². The van der Waals surface area contributed by atoms with E-state index in [-0.39, 0.29) is 0 Å². The number of nitrogens with zero attached hydrogens (tertiary/aromatic N) is 3. The van der Waals surface area contributed by atoms with E-state index in [2.05, 4.69) is 54.0 Å². The van der Waals surface area contributed by atoms with Gasteiger partial charge in [0.25, 0.3) is 0 Å². The summed E-state index contributed by atoms with van der Waals surface area (Å²) in [7, 11) is 2.05. The van der Waals surface area contributed by atoms with Gasteiger partial charge in [-0.3, -0.25) is 9.58 Å². The van der Waals surface area contributed by atoms with E-state index in [0.29, 0.717) is 12.1 Å². The molecule has 1 aromatic rings. The molecule has 1 aromatic heterocycles. The normalized spacial score (nSPS) is 21.6. The van der Waals surface area contributed by atoms with Gasteiger partial charge in [0.2, 0.25) is 0 Å². The van der Waals surface area contributed by atoms with E-state index >= 15 is 0 Å². The maximum atomic E-state index is 4.57. The lowest BCUT2D eigenvalue weighted by molar-refractivity contribution is 0.321. The molecule has 1 saturated heterocycles. The van der Waals surface area contributed by atoms with Gasteiger partial charge >= 0.3 is 0 Å². The number of likely N-dealkylation sites (N-methyl/N-ethyl adjacent to an activating group) is 1. The average Bonchev–Trinajstić information content (AvgIpc) is 2.87. The lowest BCUT2D eigenvalue weighted by Crippen LogP contribution is -2.29. The van der Waals surface area contributed by atoms with Crippen molar-refractivity contribution in [2.24, 2.45) is 0 Å². The summed E-state index contributed by atoms with van der Waals surface area (Å²) in [6.07, 6.45) is 3.46. The maximum absolute atomic E-state index is 4.57. The Morgan fingerprint density at radius 2 is 2.29 bits per heavy atom. The molecule has 1 unspecified atom stereocenters. The van der Waals surface area contributed by atoms with E-state index in [1.54, 1.807) is 0 Å². The van der Waals surface area contributed by atoms with Crippen LogP contribution in [-0.2, 0) is 6.54 Å². The Morgan fingerprint density at radius 3 is 2.82 bits per heavy atom. The molecule has 0 aliphatic carbocycles.